The summed E-state index contributed by atoms with van der Waals surface area (Å²) in [7, 11) is 0. The van der Waals surface area contributed by atoms with Crippen molar-refractivity contribution in [3.05, 3.63) is 0 Å². The summed E-state index contributed by atoms with van der Waals surface area (Å²) < 4.78 is 0. The molecule has 0 aromatic heterocycles. The molecule has 0 spiro atoms. The molecule has 2 saturated carbocycles. The first kappa shape index (κ1) is 12.9. The minimum Gasteiger partial charge on any atom is -0.356 e. The molecule has 3 atom stereocenters. The smallest absolute Gasteiger partial charge is 0.223 e. The van der Waals surface area contributed by atoms with Crippen molar-refractivity contribution < 1.29 is 4.79 Å². The molecule has 3 unspecified atom stereocenters. The first-order valence-corrected chi connectivity index (χ1v) is 6.96. The Morgan fingerprint density at radius 2 is 1.94 bits per heavy atom. The Morgan fingerprint density at radius 3 is 2.53 bits per heavy atom. The number of rotatable bonds is 3. The summed E-state index contributed by atoms with van der Waals surface area (Å²) in [5.41, 5.74) is 6.14. The van der Waals surface area contributed by atoms with Gasteiger partial charge in [0.05, 0.1) is 0 Å². The largest absolute Gasteiger partial charge is 0.356 e. The Kier molecular flexibility index (Phi) is 3.48. The molecule has 0 aliphatic heterocycles. The van der Waals surface area contributed by atoms with Gasteiger partial charge in [0.2, 0.25) is 5.91 Å². The molecule has 2 fully saturated rings. The number of carbonyl (C=O) groups is 1. The van der Waals surface area contributed by atoms with Crippen LogP contribution in [0.1, 0.15) is 46.5 Å². The highest BCUT2D eigenvalue weighted by Crippen LogP contribution is 2.44. The number of nitrogens with two attached hydrogens (primary N) is 1. The average Bonchev–Trinajstić information content (AvgIpc) is 3.06. The van der Waals surface area contributed by atoms with Crippen LogP contribution in [0.15, 0.2) is 0 Å². The molecule has 98 valence electrons. The zero-order valence-electron chi connectivity index (χ0n) is 11.3. The van der Waals surface area contributed by atoms with Crippen LogP contribution in [0.3, 0.4) is 0 Å². The molecule has 2 aliphatic rings. The van der Waals surface area contributed by atoms with Crippen LogP contribution in [0, 0.1) is 23.2 Å². The molecule has 1 amide bonds. The van der Waals surface area contributed by atoms with E-state index in [1.54, 1.807) is 0 Å². The van der Waals surface area contributed by atoms with Crippen LogP contribution in [0.25, 0.3) is 0 Å². The van der Waals surface area contributed by atoms with Crippen LogP contribution < -0.4 is 11.1 Å². The lowest BCUT2D eigenvalue weighted by molar-refractivity contribution is -0.132. The van der Waals surface area contributed by atoms with E-state index in [1.807, 2.05) is 0 Å². The van der Waals surface area contributed by atoms with Gasteiger partial charge >= 0.3 is 0 Å². The molecule has 2 aliphatic carbocycles. The van der Waals surface area contributed by atoms with E-state index in [2.05, 4.69) is 26.1 Å². The number of amides is 1. The lowest BCUT2D eigenvalue weighted by Crippen LogP contribution is -2.51. The zero-order valence-corrected chi connectivity index (χ0v) is 11.3. The molecule has 3 heteroatoms. The first-order valence-electron chi connectivity index (χ1n) is 6.96. The highest BCUT2D eigenvalue weighted by molar-refractivity contribution is 5.79. The van der Waals surface area contributed by atoms with Crippen molar-refractivity contribution in [2.75, 3.05) is 6.54 Å². The Balaban J connectivity index is 1.95. The van der Waals surface area contributed by atoms with Gasteiger partial charge in [0.1, 0.15) is 0 Å². The molecule has 0 saturated heterocycles. The topological polar surface area (TPSA) is 55.1 Å². The monoisotopic (exact) mass is 238 g/mol. The standard InChI is InChI=1S/C14H26N2O/c1-9-12(15)7-6-11(14(9,2)3)13(17)16-8-10-4-5-10/h9-12H,4-8,15H2,1-3H3,(H,16,17). The maximum absolute atomic E-state index is 12.2. The predicted molar refractivity (Wildman–Crippen MR) is 69.4 cm³/mol. The van der Waals surface area contributed by atoms with Crippen LogP contribution >= 0.6 is 0 Å². The van der Waals surface area contributed by atoms with Gasteiger partial charge in [-0.1, -0.05) is 20.8 Å². The van der Waals surface area contributed by atoms with Crippen LogP contribution in [0.5, 0.6) is 0 Å². The molecule has 0 aromatic rings. The zero-order chi connectivity index (χ0) is 12.6. The third-order valence-electron chi connectivity index (χ3n) is 5.08. The predicted octanol–water partition coefficient (Wildman–Crippen LogP) is 1.91. The van der Waals surface area contributed by atoms with Crippen molar-refractivity contribution in [2.24, 2.45) is 28.9 Å². The van der Waals surface area contributed by atoms with Gasteiger partial charge in [-0.05, 0) is 42.9 Å². The van der Waals surface area contributed by atoms with E-state index in [1.165, 1.54) is 12.8 Å². The Hall–Kier alpha value is -0.570. The quantitative estimate of drug-likeness (QED) is 0.789. The van der Waals surface area contributed by atoms with Gasteiger partial charge in [0, 0.05) is 18.5 Å². The molecular weight excluding hydrogens is 212 g/mol. The van der Waals surface area contributed by atoms with Crippen LogP contribution in [0.2, 0.25) is 0 Å². The molecule has 3 N–H and O–H groups in total. The maximum Gasteiger partial charge on any atom is 0.223 e. The summed E-state index contributed by atoms with van der Waals surface area (Å²) in [6, 6.07) is 0.248. The van der Waals surface area contributed by atoms with E-state index in [4.69, 9.17) is 5.73 Å². The minimum absolute atomic E-state index is 0.0191. The molecule has 17 heavy (non-hydrogen) atoms. The normalized spacial score (nSPS) is 36.6. The minimum atomic E-state index is 0.0191. The lowest BCUT2D eigenvalue weighted by Gasteiger charge is -2.46. The number of carbonyl (C=O) groups excluding carboxylic acids is 1. The summed E-state index contributed by atoms with van der Waals surface area (Å²) in [5.74, 6) is 1.55. The third-order valence-corrected chi connectivity index (χ3v) is 5.08. The molecule has 2 rings (SSSR count). The summed E-state index contributed by atoms with van der Waals surface area (Å²) in [5, 5.41) is 3.13. The van der Waals surface area contributed by atoms with Crippen LogP contribution in [-0.4, -0.2) is 18.5 Å². The van der Waals surface area contributed by atoms with Crippen molar-refractivity contribution in [1.29, 1.82) is 0 Å². The van der Waals surface area contributed by atoms with Gasteiger partial charge in [-0.3, -0.25) is 4.79 Å². The van der Waals surface area contributed by atoms with Crippen molar-refractivity contribution in [3.63, 3.8) is 0 Å². The highest BCUT2D eigenvalue weighted by Gasteiger charge is 2.45. The fourth-order valence-electron chi connectivity index (χ4n) is 3.01. The van der Waals surface area contributed by atoms with E-state index < -0.39 is 0 Å². The van der Waals surface area contributed by atoms with Crippen LogP contribution in [0.4, 0.5) is 0 Å². The fourth-order valence-corrected chi connectivity index (χ4v) is 3.01. The molecule has 3 nitrogen and oxygen atoms in total. The van der Waals surface area contributed by atoms with Crippen molar-refractivity contribution in [2.45, 2.75) is 52.5 Å². The van der Waals surface area contributed by atoms with Gasteiger partial charge < -0.3 is 11.1 Å². The van der Waals surface area contributed by atoms with Crippen molar-refractivity contribution in [3.8, 4) is 0 Å². The van der Waals surface area contributed by atoms with Gasteiger partial charge in [0.15, 0.2) is 0 Å². The van der Waals surface area contributed by atoms with E-state index in [-0.39, 0.29) is 23.3 Å². The molecule has 0 bridgehead atoms. The number of hydrogen-bond acceptors (Lipinski definition) is 2. The molecular formula is C14H26N2O. The van der Waals surface area contributed by atoms with E-state index >= 15 is 0 Å². The lowest BCUT2D eigenvalue weighted by atomic mass is 9.61. The van der Waals surface area contributed by atoms with Gasteiger partial charge in [-0.25, -0.2) is 0 Å². The van der Waals surface area contributed by atoms with Gasteiger partial charge in [0.25, 0.3) is 0 Å². The molecule has 0 heterocycles. The summed E-state index contributed by atoms with van der Waals surface area (Å²) in [4.78, 5) is 12.2. The SMILES string of the molecule is CC1C(N)CCC(C(=O)NCC2CC2)C1(C)C. The second-order valence-electron chi connectivity index (χ2n) is 6.59. The van der Waals surface area contributed by atoms with Gasteiger partial charge in [-0.2, -0.15) is 0 Å². The third kappa shape index (κ3) is 2.65. The number of nitrogens with one attached hydrogen (secondary N) is 1. The average molecular weight is 238 g/mol. The summed E-state index contributed by atoms with van der Waals surface area (Å²) >= 11 is 0. The van der Waals surface area contributed by atoms with Crippen molar-refractivity contribution >= 4 is 5.91 Å². The van der Waals surface area contributed by atoms with E-state index in [9.17, 15) is 4.79 Å². The fraction of sp³-hybridized carbons (Fsp3) is 0.929. The van der Waals surface area contributed by atoms with Crippen molar-refractivity contribution in [1.82, 2.24) is 5.32 Å². The maximum atomic E-state index is 12.2. The van der Waals surface area contributed by atoms with E-state index in [0.717, 1.165) is 25.3 Å². The first-order chi connectivity index (χ1) is 7.93. The Morgan fingerprint density at radius 1 is 1.29 bits per heavy atom. The van der Waals surface area contributed by atoms with Gasteiger partial charge in [-0.15, -0.1) is 0 Å². The Labute approximate surface area is 105 Å². The summed E-state index contributed by atoms with van der Waals surface area (Å²) in [6.45, 7) is 7.45. The highest BCUT2D eigenvalue weighted by atomic mass is 16.1. The second kappa shape index (κ2) is 4.60. The number of hydrogen-bond donors (Lipinski definition) is 2. The Bertz CT molecular complexity index is 297. The molecule has 0 aromatic carbocycles. The molecule has 0 radical (unpaired) electrons. The van der Waals surface area contributed by atoms with Crippen LogP contribution in [-0.2, 0) is 4.79 Å². The van der Waals surface area contributed by atoms with E-state index in [0.29, 0.717) is 5.92 Å². The second-order valence-corrected chi connectivity index (χ2v) is 6.59. The summed E-state index contributed by atoms with van der Waals surface area (Å²) in [6.07, 6.45) is 4.49.